The van der Waals surface area contributed by atoms with Crippen molar-refractivity contribution in [2.45, 2.75) is 0 Å². The van der Waals surface area contributed by atoms with Crippen LogP contribution in [0.1, 0.15) is 0 Å². The molecule has 0 unspecified atom stereocenters. The third-order valence-electron chi connectivity index (χ3n) is 0. The summed E-state index contributed by atoms with van der Waals surface area (Å²) in [4.78, 5) is 0. The van der Waals surface area contributed by atoms with Crippen molar-refractivity contribution in [1.82, 2.24) is 0 Å². The number of hydrogen-bond donors (Lipinski definition) is 0. The molecule has 0 bridgehead atoms. The second-order valence-corrected chi connectivity index (χ2v) is 0. The summed E-state index contributed by atoms with van der Waals surface area (Å²) in [5.74, 6) is 0. The van der Waals surface area contributed by atoms with Crippen LogP contribution in [0.2, 0.25) is 0 Å². The molecule has 0 nitrogen and oxygen atoms in total. The zero-order valence-corrected chi connectivity index (χ0v) is 6.30. The van der Waals surface area contributed by atoms with Crippen LogP contribution in [0.4, 0.5) is 0 Å². The first kappa shape index (κ1) is 36.6. The summed E-state index contributed by atoms with van der Waals surface area (Å²) in [5.41, 5.74) is 0. The van der Waals surface area contributed by atoms with Gasteiger partial charge in [0.15, 0.2) is 17.4 Å². The van der Waals surface area contributed by atoms with Crippen molar-refractivity contribution in [1.29, 1.82) is 0 Å². The molecule has 0 aliphatic heterocycles. The van der Waals surface area contributed by atoms with Gasteiger partial charge in [-0.05, 0) is 0 Å². The van der Waals surface area contributed by atoms with Crippen LogP contribution < -0.4 is 0 Å². The van der Waals surface area contributed by atoms with Crippen LogP contribution in [0.3, 0.4) is 0 Å². The Bertz CT molecular complexity index is 11.6. The molecule has 3 radical (unpaired) electrons. The fourth-order valence-electron chi connectivity index (χ4n) is 0. The molecule has 5 heavy (non-hydrogen) atoms. The molecule has 0 aliphatic rings. The quantitative estimate of drug-likeness (QED) is 0.396. The molecule has 0 saturated heterocycles. The molecule has 27 valence electrons. The van der Waals surface area contributed by atoms with Gasteiger partial charge >= 0.3 is 84.7 Å². The summed E-state index contributed by atoms with van der Waals surface area (Å²) in [6.45, 7) is 0. The Morgan fingerprint density at radius 1 is 1.00 bits per heavy atom. The minimum absolute atomic E-state index is 0. The van der Waals surface area contributed by atoms with Gasteiger partial charge in [-0.25, -0.2) is 0 Å². The summed E-state index contributed by atoms with van der Waals surface area (Å²) in [7, 11) is 0. The second-order valence-electron chi connectivity index (χ2n) is 0. The number of rotatable bonds is 0. The Balaban J connectivity index is 0. The predicted molar refractivity (Wildman–Crippen MR) is 35.6 cm³/mol. The average Bonchev–Trinajstić information content (AvgIpc) is 0. The van der Waals surface area contributed by atoms with Crippen molar-refractivity contribution < 1.29 is 17.1 Å². The molecule has 0 atom stereocenters. The van der Waals surface area contributed by atoms with Crippen molar-refractivity contribution >= 4 is 102 Å². The van der Waals surface area contributed by atoms with Crippen molar-refractivity contribution in [3.63, 3.8) is 0 Å². The predicted octanol–water partition coefficient (Wildman–Crippen LogP) is -3.94. The van der Waals surface area contributed by atoms with Crippen LogP contribution in [-0.2, 0) is 17.1 Å². The molecular formula is H9AlCaMgMnSn. The summed E-state index contributed by atoms with van der Waals surface area (Å²) in [6.07, 6.45) is 0. The Kier molecular flexibility index (Phi) is 182. The van der Waals surface area contributed by atoms with E-state index in [2.05, 4.69) is 0 Å². The molecule has 0 aliphatic carbocycles. The molecule has 0 heterocycles. The van der Waals surface area contributed by atoms with E-state index in [-0.39, 0.29) is 119 Å². The van der Waals surface area contributed by atoms with E-state index in [4.69, 9.17) is 0 Å². The molecule has 0 N–H and O–H groups in total. The molecule has 0 amide bonds. The van der Waals surface area contributed by atoms with E-state index in [1.807, 2.05) is 0 Å². The fraction of sp³-hybridized carbons (Fsp3) is 0. The summed E-state index contributed by atoms with van der Waals surface area (Å²) >= 11 is 0. The van der Waals surface area contributed by atoms with Crippen LogP contribution in [-0.4, -0.2) is 102 Å². The van der Waals surface area contributed by atoms with Gasteiger partial charge in [0, 0.05) is 17.1 Å². The Hall–Kier alpha value is 3.88. The van der Waals surface area contributed by atoms with Gasteiger partial charge in [-0.1, -0.05) is 0 Å². The molecule has 5 heteroatoms. The van der Waals surface area contributed by atoms with Crippen LogP contribution in [0.5, 0.6) is 0 Å². The molecule has 0 rings (SSSR count). The zero-order valence-electron chi connectivity index (χ0n) is 1.09. The van der Waals surface area contributed by atoms with Crippen molar-refractivity contribution in [2.24, 2.45) is 0 Å². The van der Waals surface area contributed by atoms with Crippen molar-refractivity contribution in [2.75, 3.05) is 0 Å². The minimum atomic E-state index is 0. The van der Waals surface area contributed by atoms with Gasteiger partial charge in [0.05, 0.1) is 0 Å². The van der Waals surface area contributed by atoms with Gasteiger partial charge in [-0.3, -0.25) is 0 Å². The second kappa shape index (κ2) is 24.8. The topological polar surface area (TPSA) is 0 Å². The monoisotopic (exact) mass is 275 g/mol. The Morgan fingerprint density at radius 3 is 1.00 bits per heavy atom. The van der Waals surface area contributed by atoms with Crippen LogP contribution >= 0.6 is 0 Å². The van der Waals surface area contributed by atoms with Crippen molar-refractivity contribution in [3.8, 4) is 0 Å². The zero-order chi connectivity index (χ0) is 0. The van der Waals surface area contributed by atoms with E-state index in [0.29, 0.717) is 0 Å². The van der Waals surface area contributed by atoms with Crippen molar-refractivity contribution in [3.05, 3.63) is 0 Å². The molecule has 0 spiro atoms. The SMILES string of the molecule is [AlH3].[CaH2].[MgH2].[Mn].[SnH2]. The maximum atomic E-state index is 0. The molecule has 0 aromatic heterocycles. The third-order valence-corrected chi connectivity index (χ3v) is 0. The first-order valence-corrected chi connectivity index (χ1v) is 0. The molecule has 0 aromatic carbocycles. The standard InChI is InChI=1S/Al.Ca.Mg.Mn.Sn.9H. The van der Waals surface area contributed by atoms with Crippen LogP contribution in [0, 0.1) is 0 Å². The van der Waals surface area contributed by atoms with E-state index in [1.54, 1.807) is 0 Å². The van der Waals surface area contributed by atoms with E-state index in [1.165, 1.54) is 0 Å². The summed E-state index contributed by atoms with van der Waals surface area (Å²) in [5, 5.41) is 0. The van der Waals surface area contributed by atoms with Gasteiger partial charge in [-0.15, -0.1) is 0 Å². The fourth-order valence-corrected chi connectivity index (χ4v) is 0. The third kappa shape index (κ3) is 18.1. The van der Waals surface area contributed by atoms with Gasteiger partial charge < -0.3 is 0 Å². The summed E-state index contributed by atoms with van der Waals surface area (Å²) in [6, 6.07) is 0. The van der Waals surface area contributed by atoms with E-state index < -0.39 is 0 Å². The number of hydrogen-bond acceptors (Lipinski definition) is 0. The maximum absolute atomic E-state index is 0. The molecule has 0 saturated carbocycles. The van der Waals surface area contributed by atoms with Gasteiger partial charge in [0.2, 0.25) is 0 Å². The van der Waals surface area contributed by atoms with E-state index >= 15 is 0 Å². The normalized spacial score (nSPS) is 0. The molecule has 0 aromatic rings. The van der Waals surface area contributed by atoms with Crippen LogP contribution in [0.25, 0.3) is 0 Å². The van der Waals surface area contributed by atoms with Gasteiger partial charge in [-0.2, -0.15) is 0 Å². The Labute approximate surface area is 116 Å². The first-order valence-electron chi connectivity index (χ1n) is 0. The summed E-state index contributed by atoms with van der Waals surface area (Å²) < 4.78 is 0. The van der Waals surface area contributed by atoms with E-state index in [9.17, 15) is 0 Å². The van der Waals surface area contributed by atoms with Gasteiger partial charge in [0.1, 0.15) is 0 Å². The average molecular weight is 274 g/mol. The first-order chi connectivity index (χ1) is 0. The molecular weight excluding hydrogens is 265 g/mol. The van der Waals surface area contributed by atoms with Crippen LogP contribution in [0.15, 0.2) is 0 Å². The van der Waals surface area contributed by atoms with Gasteiger partial charge in [0.25, 0.3) is 0 Å². The molecule has 0 fully saturated rings. The Morgan fingerprint density at radius 2 is 1.00 bits per heavy atom. The van der Waals surface area contributed by atoms with E-state index in [0.717, 1.165) is 0 Å².